The minimum atomic E-state index is -0.521. The summed E-state index contributed by atoms with van der Waals surface area (Å²) in [6.07, 6.45) is 0.129. The fraction of sp³-hybridized carbons (Fsp3) is 0.391. The van der Waals surface area contributed by atoms with Crippen molar-refractivity contribution in [2.24, 2.45) is 0 Å². The number of hydrogen-bond donors (Lipinski definition) is 2. The van der Waals surface area contributed by atoms with Crippen molar-refractivity contribution in [1.82, 2.24) is 10.9 Å². The number of benzene rings is 2. The van der Waals surface area contributed by atoms with Gasteiger partial charge in [-0.3, -0.25) is 20.4 Å². The molecule has 31 heavy (non-hydrogen) atoms. The minimum absolute atomic E-state index is 0.129. The Morgan fingerprint density at radius 3 is 1.97 bits per heavy atom. The summed E-state index contributed by atoms with van der Waals surface area (Å²) < 4.78 is 29.9. The first kappa shape index (κ1) is 24.0. The van der Waals surface area contributed by atoms with Crippen LogP contribution in [0.5, 0.6) is 17.2 Å². The second kappa shape index (κ2) is 11.8. The van der Waals surface area contributed by atoms with Crippen molar-refractivity contribution in [3.8, 4) is 17.2 Å². The van der Waals surface area contributed by atoms with Crippen LogP contribution in [0.2, 0.25) is 0 Å². The van der Waals surface area contributed by atoms with E-state index in [9.17, 15) is 14.0 Å². The first-order chi connectivity index (χ1) is 14.9. The molecule has 1 unspecified atom stereocenters. The van der Waals surface area contributed by atoms with Crippen molar-refractivity contribution in [3.63, 3.8) is 0 Å². The summed E-state index contributed by atoms with van der Waals surface area (Å²) in [4.78, 5) is 24.8. The fourth-order valence-electron chi connectivity index (χ4n) is 2.96. The van der Waals surface area contributed by atoms with Crippen molar-refractivity contribution in [2.75, 3.05) is 19.8 Å². The molecule has 0 heterocycles. The number of halogens is 1. The van der Waals surface area contributed by atoms with Crippen LogP contribution < -0.4 is 25.1 Å². The second-order valence-corrected chi connectivity index (χ2v) is 6.76. The fourth-order valence-corrected chi connectivity index (χ4v) is 2.96. The Balaban J connectivity index is 2.06. The Morgan fingerprint density at radius 1 is 0.903 bits per heavy atom. The molecule has 0 aliphatic heterocycles. The van der Waals surface area contributed by atoms with Crippen LogP contribution in [0.3, 0.4) is 0 Å². The Kier molecular flexibility index (Phi) is 9.12. The predicted octanol–water partition coefficient (Wildman–Crippen LogP) is 3.98. The van der Waals surface area contributed by atoms with Crippen molar-refractivity contribution in [1.29, 1.82) is 0 Å². The van der Waals surface area contributed by atoms with Crippen LogP contribution in [-0.4, -0.2) is 31.6 Å². The van der Waals surface area contributed by atoms with E-state index >= 15 is 0 Å². The van der Waals surface area contributed by atoms with Crippen LogP contribution in [0, 0.1) is 5.82 Å². The topological polar surface area (TPSA) is 85.9 Å². The second-order valence-electron chi connectivity index (χ2n) is 6.76. The molecule has 0 bridgehead atoms. The molecule has 1 atom stereocenters. The number of nitrogens with one attached hydrogen (secondary N) is 2. The largest absolute Gasteiger partial charge is 0.490 e. The molecular weight excluding hydrogens is 403 g/mol. The van der Waals surface area contributed by atoms with Gasteiger partial charge in [0.05, 0.1) is 19.8 Å². The van der Waals surface area contributed by atoms with E-state index in [1.54, 1.807) is 24.3 Å². The zero-order valence-corrected chi connectivity index (χ0v) is 18.3. The van der Waals surface area contributed by atoms with Gasteiger partial charge in [-0.25, -0.2) is 4.39 Å². The molecule has 2 rings (SSSR count). The zero-order valence-electron chi connectivity index (χ0n) is 18.3. The predicted molar refractivity (Wildman–Crippen MR) is 115 cm³/mol. The Hall–Kier alpha value is -3.29. The number of hydrogen-bond acceptors (Lipinski definition) is 5. The molecule has 2 amide bonds. The Morgan fingerprint density at radius 2 is 1.45 bits per heavy atom. The molecular formula is C23H29FN2O5. The van der Waals surface area contributed by atoms with E-state index in [4.69, 9.17) is 14.2 Å². The molecule has 0 aliphatic rings. The van der Waals surface area contributed by atoms with Crippen LogP contribution in [0.25, 0.3) is 0 Å². The van der Waals surface area contributed by atoms with E-state index in [0.29, 0.717) is 37.1 Å². The highest BCUT2D eigenvalue weighted by atomic mass is 19.1. The van der Waals surface area contributed by atoms with E-state index < -0.39 is 5.91 Å². The number of carbonyl (C=O) groups is 2. The maximum absolute atomic E-state index is 13.1. The molecule has 0 aliphatic carbocycles. The number of hydrazine groups is 1. The zero-order chi connectivity index (χ0) is 22.8. The van der Waals surface area contributed by atoms with Gasteiger partial charge in [0.15, 0.2) is 11.5 Å². The third-order valence-corrected chi connectivity index (χ3v) is 4.42. The Bertz CT molecular complexity index is 859. The number of amides is 2. The molecule has 0 spiro atoms. The van der Waals surface area contributed by atoms with Crippen LogP contribution in [0.4, 0.5) is 4.39 Å². The Labute approximate surface area is 181 Å². The molecule has 0 radical (unpaired) electrons. The highest BCUT2D eigenvalue weighted by Gasteiger charge is 2.19. The number of carbonyl (C=O) groups excluding carboxylic acids is 2. The van der Waals surface area contributed by atoms with E-state index in [1.807, 2.05) is 27.7 Å². The van der Waals surface area contributed by atoms with Crippen LogP contribution in [-0.2, 0) is 4.79 Å². The lowest BCUT2D eigenvalue weighted by Gasteiger charge is -2.17. The summed E-state index contributed by atoms with van der Waals surface area (Å²) in [5, 5.41) is 0. The van der Waals surface area contributed by atoms with Crippen molar-refractivity contribution < 1.29 is 28.2 Å². The van der Waals surface area contributed by atoms with Crippen LogP contribution >= 0.6 is 0 Å². The molecule has 7 nitrogen and oxygen atoms in total. The van der Waals surface area contributed by atoms with Gasteiger partial charge >= 0.3 is 0 Å². The van der Waals surface area contributed by atoms with Gasteiger partial charge < -0.3 is 14.2 Å². The monoisotopic (exact) mass is 432 g/mol. The average Bonchev–Trinajstić information content (AvgIpc) is 2.74. The van der Waals surface area contributed by atoms with Crippen molar-refractivity contribution in [3.05, 3.63) is 53.3 Å². The van der Waals surface area contributed by atoms with Gasteiger partial charge in [-0.05, 0) is 56.5 Å². The molecule has 8 heteroatoms. The summed E-state index contributed by atoms with van der Waals surface area (Å²) in [7, 11) is 0. The molecule has 0 aromatic heterocycles. The van der Waals surface area contributed by atoms with Gasteiger partial charge in [-0.2, -0.15) is 0 Å². The van der Waals surface area contributed by atoms with Gasteiger partial charge in [-0.1, -0.05) is 19.1 Å². The minimum Gasteiger partial charge on any atom is -0.490 e. The summed E-state index contributed by atoms with van der Waals surface area (Å²) in [5.41, 5.74) is 5.90. The highest BCUT2D eigenvalue weighted by Crippen LogP contribution is 2.39. The first-order valence-corrected chi connectivity index (χ1v) is 10.3. The molecule has 2 aromatic carbocycles. The van der Waals surface area contributed by atoms with Crippen molar-refractivity contribution in [2.45, 2.75) is 40.0 Å². The lowest BCUT2D eigenvalue weighted by molar-refractivity contribution is -0.122. The molecule has 0 saturated heterocycles. The van der Waals surface area contributed by atoms with Gasteiger partial charge in [-0.15, -0.1) is 0 Å². The highest BCUT2D eigenvalue weighted by molar-refractivity contribution is 5.96. The summed E-state index contributed by atoms with van der Waals surface area (Å²) in [6.45, 7) is 8.52. The van der Waals surface area contributed by atoms with Crippen molar-refractivity contribution >= 4 is 11.8 Å². The van der Waals surface area contributed by atoms with E-state index in [1.165, 1.54) is 12.1 Å². The van der Waals surface area contributed by atoms with Gasteiger partial charge in [0.2, 0.25) is 11.7 Å². The number of rotatable bonds is 10. The van der Waals surface area contributed by atoms with Gasteiger partial charge in [0, 0.05) is 12.0 Å². The maximum Gasteiger partial charge on any atom is 0.269 e. The first-order valence-electron chi connectivity index (χ1n) is 10.3. The third kappa shape index (κ3) is 6.87. The SMILES string of the molecule is CCOc1cc(C(=O)NNC(=O)CC(C)c2ccc(F)cc2)cc(OCC)c1OCC. The normalized spacial score (nSPS) is 11.4. The van der Waals surface area contributed by atoms with E-state index in [-0.39, 0.29) is 29.6 Å². The smallest absolute Gasteiger partial charge is 0.269 e. The van der Waals surface area contributed by atoms with Gasteiger partial charge in [0.25, 0.3) is 5.91 Å². The number of ether oxygens (including phenoxy) is 3. The lowest BCUT2D eigenvalue weighted by atomic mass is 9.98. The molecule has 168 valence electrons. The summed E-state index contributed by atoms with van der Waals surface area (Å²) in [6, 6.07) is 9.05. The lowest BCUT2D eigenvalue weighted by Crippen LogP contribution is -2.42. The third-order valence-electron chi connectivity index (χ3n) is 4.42. The van der Waals surface area contributed by atoms with Crippen LogP contribution in [0.15, 0.2) is 36.4 Å². The summed E-state index contributed by atoms with van der Waals surface area (Å²) >= 11 is 0. The molecule has 2 N–H and O–H groups in total. The van der Waals surface area contributed by atoms with Gasteiger partial charge in [0.1, 0.15) is 5.82 Å². The molecule has 2 aromatic rings. The average molecular weight is 432 g/mol. The standard InChI is InChI=1S/C23H29FN2O5/c1-5-29-19-13-17(14-20(30-6-2)22(19)31-7-3)23(28)26-25-21(27)12-15(4)16-8-10-18(24)11-9-16/h8-11,13-15H,5-7,12H2,1-4H3,(H,25,27)(H,26,28). The molecule has 0 fully saturated rings. The van der Waals surface area contributed by atoms with Crippen LogP contribution in [0.1, 0.15) is 56.0 Å². The molecule has 0 saturated carbocycles. The summed E-state index contributed by atoms with van der Waals surface area (Å²) in [5.74, 6) is -0.162. The van der Waals surface area contributed by atoms with E-state index in [2.05, 4.69) is 10.9 Å². The quantitative estimate of drug-likeness (QED) is 0.555. The maximum atomic E-state index is 13.1. The van der Waals surface area contributed by atoms with E-state index in [0.717, 1.165) is 5.56 Å².